The summed E-state index contributed by atoms with van der Waals surface area (Å²) in [5, 5.41) is 26.8. The second kappa shape index (κ2) is 4.24. The van der Waals surface area contributed by atoms with Gasteiger partial charge in [0.15, 0.2) is 5.82 Å². The van der Waals surface area contributed by atoms with Crippen LogP contribution in [0.1, 0.15) is 6.42 Å². The van der Waals surface area contributed by atoms with Crippen LogP contribution in [-0.4, -0.2) is 20.9 Å². The van der Waals surface area contributed by atoms with E-state index in [0.717, 1.165) is 0 Å². The Labute approximate surface area is 92.5 Å². The molecule has 1 atom stereocenters. The number of hydrogen-bond acceptors (Lipinski definition) is 5. The van der Waals surface area contributed by atoms with Gasteiger partial charge in [0, 0.05) is 6.20 Å². The van der Waals surface area contributed by atoms with Crippen molar-refractivity contribution in [2.24, 2.45) is 10.2 Å². The van der Waals surface area contributed by atoms with E-state index in [4.69, 9.17) is 0 Å². The fourth-order valence-electron chi connectivity index (χ4n) is 1.32. The normalized spacial score (nSPS) is 24.7. The number of allylic oxidation sites excluding steroid dienone is 2. The van der Waals surface area contributed by atoms with E-state index in [1.165, 1.54) is 18.2 Å². The fraction of sp³-hybridized carbons (Fsp3) is 0.182. The molecule has 1 heterocycles. The molecule has 1 aromatic heterocycles. The third kappa shape index (κ3) is 2.52. The molecule has 5 heteroatoms. The van der Waals surface area contributed by atoms with Gasteiger partial charge in [-0.25, -0.2) is 4.98 Å². The van der Waals surface area contributed by atoms with Gasteiger partial charge in [-0.3, -0.25) is 0 Å². The van der Waals surface area contributed by atoms with Crippen molar-refractivity contribution in [1.82, 2.24) is 4.98 Å². The first-order chi connectivity index (χ1) is 7.68. The molecule has 2 rings (SSSR count). The summed E-state index contributed by atoms with van der Waals surface area (Å²) in [5.74, 6) is 0.489. The lowest BCUT2D eigenvalue weighted by molar-refractivity contribution is 0.0795. The van der Waals surface area contributed by atoms with Crippen molar-refractivity contribution >= 4 is 5.82 Å². The molecule has 0 amide bonds. The van der Waals surface area contributed by atoms with Crippen molar-refractivity contribution in [3.63, 3.8) is 0 Å². The van der Waals surface area contributed by atoms with Crippen LogP contribution in [0.5, 0.6) is 0 Å². The topological polar surface area (TPSA) is 78.1 Å². The highest BCUT2D eigenvalue weighted by Crippen LogP contribution is 2.24. The largest absolute Gasteiger partial charge is 0.512 e. The van der Waals surface area contributed by atoms with Gasteiger partial charge >= 0.3 is 0 Å². The van der Waals surface area contributed by atoms with E-state index < -0.39 is 5.72 Å². The highest BCUT2D eigenvalue weighted by atomic mass is 16.3. The van der Waals surface area contributed by atoms with Crippen LogP contribution in [0.25, 0.3) is 0 Å². The maximum Gasteiger partial charge on any atom is 0.203 e. The highest BCUT2D eigenvalue weighted by molar-refractivity contribution is 5.25. The molecule has 5 nitrogen and oxygen atoms in total. The van der Waals surface area contributed by atoms with Crippen molar-refractivity contribution in [3.05, 3.63) is 48.4 Å². The van der Waals surface area contributed by atoms with Crippen molar-refractivity contribution in [2.75, 3.05) is 0 Å². The standard InChI is InChI=1S/C11H11N3O2/c15-9-4-3-6-11(16,8-9)14-13-10-5-1-2-7-12-10/h1-7,15-16H,8H2. The van der Waals surface area contributed by atoms with Gasteiger partial charge in [-0.15, -0.1) is 10.2 Å². The SMILES string of the molecule is OC1=CC=CC(O)(N=Nc2ccccn2)C1. The lowest BCUT2D eigenvalue weighted by Gasteiger charge is -2.19. The Bertz CT molecular complexity index is 454. The van der Waals surface area contributed by atoms with Crippen LogP contribution in [-0.2, 0) is 0 Å². The number of rotatable bonds is 2. The molecule has 0 fully saturated rings. The molecule has 82 valence electrons. The molecule has 16 heavy (non-hydrogen) atoms. The van der Waals surface area contributed by atoms with E-state index in [1.807, 2.05) is 0 Å². The van der Waals surface area contributed by atoms with Gasteiger partial charge in [-0.2, -0.15) is 0 Å². The Morgan fingerprint density at radius 2 is 2.25 bits per heavy atom. The summed E-state index contributed by atoms with van der Waals surface area (Å²) in [6.45, 7) is 0. The van der Waals surface area contributed by atoms with Crippen molar-refractivity contribution in [1.29, 1.82) is 0 Å². The first-order valence-corrected chi connectivity index (χ1v) is 4.82. The van der Waals surface area contributed by atoms with E-state index in [0.29, 0.717) is 5.82 Å². The van der Waals surface area contributed by atoms with E-state index in [2.05, 4.69) is 15.2 Å². The minimum absolute atomic E-state index is 0.0276. The fourth-order valence-corrected chi connectivity index (χ4v) is 1.32. The zero-order chi connectivity index (χ0) is 11.4. The zero-order valence-corrected chi connectivity index (χ0v) is 8.48. The van der Waals surface area contributed by atoms with Crippen molar-refractivity contribution in [3.8, 4) is 0 Å². The second-order valence-electron chi connectivity index (χ2n) is 3.46. The second-order valence-corrected chi connectivity index (χ2v) is 3.46. The summed E-state index contributed by atoms with van der Waals surface area (Å²) in [6, 6.07) is 5.22. The molecule has 0 bridgehead atoms. The van der Waals surface area contributed by atoms with Crippen LogP contribution >= 0.6 is 0 Å². The quantitative estimate of drug-likeness (QED) is 0.746. The molecule has 2 N–H and O–H groups in total. The van der Waals surface area contributed by atoms with Gasteiger partial charge in [0.2, 0.25) is 5.72 Å². The number of aromatic nitrogens is 1. The molecule has 1 aliphatic rings. The highest BCUT2D eigenvalue weighted by Gasteiger charge is 2.26. The Kier molecular flexibility index (Phi) is 2.78. The molecule has 0 spiro atoms. The summed E-state index contributed by atoms with van der Waals surface area (Å²) in [6.07, 6.45) is 6.13. The number of pyridine rings is 1. The monoisotopic (exact) mass is 217 g/mol. The molecule has 0 saturated heterocycles. The molecule has 1 aromatic rings. The third-order valence-corrected chi connectivity index (χ3v) is 2.07. The molecule has 1 aliphatic carbocycles. The van der Waals surface area contributed by atoms with Crippen LogP contribution < -0.4 is 0 Å². The van der Waals surface area contributed by atoms with Crippen LogP contribution in [0, 0.1) is 0 Å². The van der Waals surface area contributed by atoms with Gasteiger partial charge in [0.1, 0.15) is 0 Å². The average molecular weight is 217 g/mol. The van der Waals surface area contributed by atoms with E-state index in [-0.39, 0.29) is 12.2 Å². The van der Waals surface area contributed by atoms with Crippen LogP contribution in [0.2, 0.25) is 0 Å². The summed E-state index contributed by atoms with van der Waals surface area (Å²) in [7, 11) is 0. The average Bonchev–Trinajstić information content (AvgIpc) is 2.28. The number of aliphatic hydroxyl groups is 2. The maximum atomic E-state index is 9.93. The van der Waals surface area contributed by atoms with E-state index in [9.17, 15) is 10.2 Å². The number of hydrogen-bond donors (Lipinski definition) is 2. The van der Waals surface area contributed by atoms with E-state index >= 15 is 0 Å². The zero-order valence-electron chi connectivity index (χ0n) is 8.48. The molecule has 1 unspecified atom stereocenters. The Morgan fingerprint density at radius 3 is 2.94 bits per heavy atom. The van der Waals surface area contributed by atoms with Crippen molar-refractivity contribution in [2.45, 2.75) is 12.1 Å². The molecular formula is C11H11N3O2. The number of nitrogens with zero attached hydrogens (tertiary/aromatic N) is 3. The minimum Gasteiger partial charge on any atom is -0.512 e. The van der Waals surface area contributed by atoms with Gasteiger partial charge in [0.05, 0.1) is 12.2 Å². The Hall–Kier alpha value is -2.01. The predicted molar refractivity (Wildman–Crippen MR) is 58.2 cm³/mol. The lowest BCUT2D eigenvalue weighted by atomic mass is 10.0. The van der Waals surface area contributed by atoms with Crippen LogP contribution in [0.4, 0.5) is 5.82 Å². The van der Waals surface area contributed by atoms with E-state index in [1.54, 1.807) is 24.4 Å². The van der Waals surface area contributed by atoms with Gasteiger partial charge < -0.3 is 10.2 Å². The van der Waals surface area contributed by atoms with Gasteiger partial charge in [0.25, 0.3) is 0 Å². The predicted octanol–water partition coefficient (Wildman–Crippen LogP) is 2.26. The smallest absolute Gasteiger partial charge is 0.203 e. The first-order valence-electron chi connectivity index (χ1n) is 4.82. The summed E-state index contributed by atoms with van der Waals surface area (Å²) in [5.41, 5.74) is -1.48. The number of azo groups is 1. The Balaban J connectivity index is 2.13. The summed E-state index contributed by atoms with van der Waals surface area (Å²) in [4.78, 5) is 3.94. The molecule has 0 aliphatic heterocycles. The van der Waals surface area contributed by atoms with Crippen LogP contribution in [0.3, 0.4) is 0 Å². The molecule has 0 radical (unpaired) electrons. The Morgan fingerprint density at radius 1 is 1.38 bits per heavy atom. The summed E-state index contributed by atoms with van der Waals surface area (Å²) < 4.78 is 0. The third-order valence-electron chi connectivity index (χ3n) is 2.07. The summed E-state index contributed by atoms with van der Waals surface area (Å²) >= 11 is 0. The number of aliphatic hydroxyl groups excluding tert-OH is 1. The molecule has 0 aromatic carbocycles. The lowest BCUT2D eigenvalue weighted by Crippen LogP contribution is -2.24. The minimum atomic E-state index is -1.48. The van der Waals surface area contributed by atoms with Gasteiger partial charge in [-0.1, -0.05) is 12.1 Å². The maximum absolute atomic E-state index is 9.93. The first kappa shape index (κ1) is 10.5. The molecular weight excluding hydrogens is 206 g/mol. The molecule has 0 saturated carbocycles. The van der Waals surface area contributed by atoms with Crippen LogP contribution in [0.15, 0.2) is 58.6 Å². The van der Waals surface area contributed by atoms with Crippen molar-refractivity contribution < 1.29 is 10.2 Å². The van der Waals surface area contributed by atoms with Gasteiger partial charge in [-0.05, 0) is 24.3 Å².